The predicted molar refractivity (Wildman–Crippen MR) is 85.3 cm³/mol. The van der Waals surface area contributed by atoms with E-state index in [0.717, 1.165) is 18.5 Å². The molecule has 1 heterocycles. The highest BCUT2D eigenvalue weighted by Gasteiger charge is 2.27. The van der Waals surface area contributed by atoms with Crippen molar-refractivity contribution in [3.8, 4) is 0 Å². The van der Waals surface area contributed by atoms with Crippen LogP contribution < -0.4 is 11.2 Å². The van der Waals surface area contributed by atoms with E-state index in [1.807, 2.05) is 20.8 Å². The summed E-state index contributed by atoms with van der Waals surface area (Å²) in [4.78, 5) is 20.4. The Morgan fingerprint density at radius 1 is 1.24 bits per heavy atom. The number of amides is 1. The summed E-state index contributed by atoms with van der Waals surface area (Å²) in [5.41, 5.74) is 1.12. The fourth-order valence-electron chi connectivity index (χ4n) is 1.99. The highest BCUT2D eigenvalue weighted by Crippen LogP contribution is 2.28. The Bertz CT molecular complexity index is 395. The molecule has 0 atom stereocenters. The molecule has 0 aliphatic rings. The van der Waals surface area contributed by atoms with Gasteiger partial charge >= 0.3 is 0 Å². The van der Waals surface area contributed by atoms with Crippen LogP contribution in [0.15, 0.2) is 12.4 Å². The number of aromatic nitrogens is 2. The molecule has 122 valence electrons. The Morgan fingerprint density at radius 2 is 1.76 bits per heavy atom. The lowest BCUT2D eigenvalue weighted by Crippen LogP contribution is -2.30. The quantitative estimate of drug-likeness (QED) is 0.725. The topological polar surface area (TPSA) is 101 Å². The van der Waals surface area contributed by atoms with Crippen molar-refractivity contribution >= 4 is 5.91 Å². The fourth-order valence-corrected chi connectivity index (χ4v) is 1.99. The third-order valence-electron chi connectivity index (χ3n) is 2.77. The Morgan fingerprint density at radius 3 is 2.24 bits per heavy atom. The smallest absolute Gasteiger partial charge is 0.271 e. The summed E-state index contributed by atoms with van der Waals surface area (Å²) in [5.74, 6) is 3.36. The molecular formula is C15H30N4O2. The Hall–Kier alpha value is -1.53. The van der Waals surface area contributed by atoms with Gasteiger partial charge in [0.25, 0.3) is 5.91 Å². The molecule has 6 heteroatoms. The average Bonchev–Trinajstić information content (AvgIpc) is 2.51. The molecule has 1 rings (SSSR count). The number of nitrogens with zero attached hydrogens (tertiary/aromatic N) is 2. The first-order valence-electron chi connectivity index (χ1n) is 7.38. The third-order valence-corrected chi connectivity index (χ3v) is 2.77. The van der Waals surface area contributed by atoms with E-state index < -0.39 is 0 Å². The van der Waals surface area contributed by atoms with E-state index in [1.165, 1.54) is 0 Å². The molecule has 1 aromatic heterocycles. The maximum absolute atomic E-state index is 11.9. The van der Waals surface area contributed by atoms with Gasteiger partial charge in [0.15, 0.2) is 0 Å². The molecule has 0 aliphatic carbocycles. The summed E-state index contributed by atoms with van der Waals surface area (Å²) >= 11 is 0. The van der Waals surface area contributed by atoms with Crippen LogP contribution in [-0.2, 0) is 5.41 Å². The van der Waals surface area contributed by atoms with Crippen LogP contribution in [0.1, 0.15) is 70.6 Å². The van der Waals surface area contributed by atoms with E-state index in [-0.39, 0.29) is 11.3 Å². The molecule has 6 nitrogen and oxygen atoms in total. The van der Waals surface area contributed by atoms with Crippen molar-refractivity contribution in [2.24, 2.45) is 5.90 Å². The minimum absolute atomic E-state index is 0.122. The monoisotopic (exact) mass is 298 g/mol. The number of carbonyl (C=O) groups excluding carboxylic acids is 1. The van der Waals surface area contributed by atoms with Gasteiger partial charge in [0.05, 0.1) is 5.69 Å². The molecule has 1 amide bonds. The second kappa shape index (κ2) is 12.2. The third kappa shape index (κ3) is 7.15. The van der Waals surface area contributed by atoms with Gasteiger partial charge in [0.2, 0.25) is 0 Å². The van der Waals surface area contributed by atoms with E-state index in [0.29, 0.717) is 12.2 Å². The molecule has 0 saturated heterocycles. The van der Waals surface area contributed by atoms with Crippen molar-refractivity contribution < 1.29 is 10.0 Å². The van der Waals surface area contributed by atoms with Crippen LogP contribution in [0.25, 0.3) is 0 Å². The van der Waals surface area contributed by atoms with Crippen molar-refractivity contribution in [2.45, 2.75) is 59.8 Å². The van der Waals surface area contributed by atoms with Gasteiger partial charge in [-0.25, -0.2) is 10.9 Å². The van der Waals surface area contributed by atoms with Crippen LogP contribution in [-0.4, -0.2) is 27.6 Å². The minimum atomic E-state index is -0.139. The second-order valence-electron chi connectivity index (χ2n) is 4.75. The summed E-state index contributed by atoms with van der Waals surface area (Å²) in [7, 11) is 0. The van der Waals surface area contributed by atoms with E-state index in [2.05, 4.69) is 42.0 Å². The standard InChI is InChI=1S/C13H21N3O.C2H6.H3NO/c1-5-7-13(3,4)11-10(12(17)14-6-2)15-8-9-16-11;2*1-2/h8-9H,5-7H2,1-4H3,(H,14,17);1-2H3;2H,1H2. The predicted octanol–water partition coefficient (Wildman–Crippen LogP) is 2.66. The van der Waals surface area contributed by atoms with Gasteiger partial charge in [-0.2, -0.15) is 0 Å². The SMILES string of the molecule is CC.CCCC(C)(C)c1nccnc1C(=O)NCC.NO. The molecular weight excluding hydrogens is 268 g/mol. The number of hydrogen-bond acceptors (Lipinski definition) is 5. The van der Waals surface area contributed by atoms with Crippen LogP contribution in [0.4, 0.5) is 0 Å². The van der Waals surface area contributed by atoms with Gasteiger partial charge in [0, 0.05) is 24.4 Å². The number of carbonyl (C=O) groups is 1. The second-order valence-corrected chi connectivity index (χ2v) is 4.75. The molecule has 0 radical (unpaired) electrons. The van der Waals surface area contributed by atoms with Crippen LogP contribution in [0.3, 0.4) is 0 Å². The maximum atomic E-state index is 11.9. The summed E-state index contributed by atoms with van der Waals surface area (Å²) in [6, 6.07) is 0. The van der Waals surface area contributed by atoms with Gasteiger partial charge in [-0.15, -0.1) is 0 Å². The number of hydrogen-bond donors (Lipinski definition) is 3. The zero-order valence-electron chi connectivity index (χ0n) is 14.1. The zero-order valence-corrected chi connectivity index (χ0v) is 14.1. The van der Waals surface area contributed by atoms with Gasteiger partial charge < -0.3 is 10.5 Å². The van der Waals surface area contributed by atoms with Crippen LogP contribution >= 0.6 is 0 Å². The number of nitrogens with one attached hydrogen (secondary N) is 1. The van der Waals surface area contributed by atoms with E-state index in [9.17, 15) is 4.79 Å². The molecule has 0 fully saturated rings. The van der Waals surface area contributed by atoms with E-state index in [1.54, 1.807) is 12.4 Å². The average molecular weight is 298 g/mol. The first-order chi connectivity index (χ1) is 10.0. The molecule has 0 bridgehead atoms. The molecule has 4 N–H and O–H groups in total. The normalized spacial score (nSPS) is 9.71. The minimum Gasteiger partial charge on any atom is -0.351 e. The van der Waals surface area contributed by atoms with Crippen molar-refractivity contribution in [3.05, 3.63) is 23.8 Å². The molecule has 0 aliphatic heterocycles. The Labute approximate surface area is 128 Å². The number of nitrogens with two attached hydrogens (primary N) is 1. The number of rotatable bonds is 5. The van der Waals surface area contributed by atoms with Gasteiger partial charge in [-0.1, -0.05) is 41.0 Å². The van der Waals surface area contributed by atoms with Gasteiger partial charge in [-0.3, -0.25) is 9.78 Å². The Balaban J connectivity index is 0. The highest BCUT2D eigenvalue weighted by atomic mass is 16.4. The largest absolute Gasteiger partial charge is 0.351 e. The van der Waals surface area contributed by atoms with Crippen LogP contribution in [0.2, 0.25) is 0 Å². The van der Waals surface area contributed by atoms with Gasteiger partial charge in [-0.05, 0) is 13.3 Å². The molecule has 21 heavy (non-hydrogen) atoms. The van der Waals surface area contributed by atoms with Crippen molar-refractivity contribution in [2.75, 3.05) is 6.54 Å². The van der Waals surface area contributed by atoms with E-state index >= 15 is 0 Å². The van der Waals surface area contributed by atoms with Crippen molar-refractivity contribution in [1.29, 1.82) is 0 Å². The molecule has 0 unspecified atom stereocenters. The molecule has 1 aromatic rings. The van der Waals surface area contributed by atoms with E-state index in [4.69, 9.17) is 5.21 Å². The summed E-state index contributed by atoms with van der Waals surface area (Å²) in [6.07, 6.45) is 5.25. The molecule has 0 aromatic carbocycles. The van der Waals surface area contributed by atoms with Gasteiger partial charge in [0.1, 0.15) is 5.69 Å². The van der Waals surface area contributed by atoms with Crippen molar-refractivity contribution in [1.82, 2.24) is 15.3 Å². The first kappa shape index (κ1) is 21.8. The lowest BCUT2D eigenvalue weighted by atomic mass is 9.83. The van der Waals surface area contributed by atoms with Crippen LogP contribution in [0, 0.1) is 0 Å². The molecule has 0 spiro atoms. The lowest BCUT2D eigenvalue weighted by Gasteiger charge is -2.24. The summed E-state index contributed by atoms with van der Waals surface area (Å²) in [5, 5.41) is 9.27. The zero-order chi connectivity index (χ0) is 16.9. The van der Waals surface area contributed by atoms with Crippen LogP contribution in [0.5, 0.6) is 0 Å². The summed E-state index contributed by atoms with van der Waals surface area (Å²) < 4.78 is 0. The highest BCUT2D eigenvalue weighted by molar-refractivity contribution is 5.93. The maximum Gasteiger partial charge on any atom is 0.271 e. The molecule has 0 saturated carbocycles. The first-order valence-corrected chi connectivity index (χ1v) is 7.38. The Kier molecular flexibility index (Phi) is 12.7. The fraction of sp³-hybridized carbons (Fsp3) is 0.667. The summed E-state index contributed by atoms with van der Waals surface area (Å²) in [6.45, 7) is 12.8. The van der Waals surface area contributed by atoms with Crippen molar-refractivity contribution in [3.63, 3.8) is 0 Å². The lowest BCUT2D eigenvalue weighted by molar-refractivity contribution is 0.0947.